The van der Waals surface area contributed by atoms with E-state index in [1.807, 2.05) is 38.1 Å². The van der Waals surface area contributed by atoms with Crippen molar-refractivity contribution in [3.8, 4) is 0 Å². The molecule has 17 heavy (non-hydrogen) atoms. The lowest BCUT2D eigenvalue weighted by atomic mass is 9.94. The van der Waals surface area contributed by atoms with Crippen molar-refractivity contribution >= 4 is 40.1 Å². The Bertz CT molecular complexity index is 382. The number of amides is 1. The molecule has 0 aliphatic carbocycles. The molecule has 1 rings (SSSR count). The fraction of sp³-hybridized carbons (Fsp3) is 0.462. The predicted octanol–water partition coefficient (Wildman–Crippen LogP) is 3.82. The molecule has 0 aliphatic heterocycles. The van der Waals surface area contributed by atoms with E-state index in [9.17, 15) is 4.79 Å². The van der Waals surface area contributed by atoms with E-state index in [4.69, 9.17) is 11.6 Å². The molecule has 0 spiro atoms. The van der Waals surface area contributed by atoms with Crippen molar-refractivity contribution in [2.75, 3.05) is 5.88 Å². The van der Waals surface area contributed by atoms with Crippen LogP contribution in [0.15, 0.2) is 24.3 Å². The summed E-state index contributed by atoms with van der Waals surface area (Å²) in [6.07, 6.45) is 1.67. The number of rotatable bonds is 5. The van der Waals surface area contributed by atoms with E-state index < -0.39 is 0 Å². The molecule has 0 aromatic heterocycles. The van der Waals surface area contributed by atoms with E-state index in [-0.39, 0.29) is 11.4 Å². The summed E-state index contributed by atoms with van der Waals surface area (Å²) in [7, 11) is 0. The van der Waals surface area contributed by atoms with Gasteiger partial charge in [-0.05, 0) is 47.6 Å². The van der Waals surface area contributed by atoms with Crippen molar-refractivity contribution in [3.05, 3.63) is 33.4 Å². The molecule has 0 atom stereocenters. The van der Waals surface area contributed by atoms with Gasteiger partial charge in [-0.1, -0.05) is 26.0 Å². The maximum Gasteiger partial charge on any atom is 0.252 e. The lowest BCUT2D eigenvalue weighted by Crippen LogP contribution is -2.49. The molecule has 0 heterocycles. The Hall–Kier alpha value is -0.290. The lowest BCUT2D eigenvalue weighted by Gasteiger charge is -2.30. The molecule has 0 aliphatic rings. The van der Waals surface area contributed by atoms with Gasteiger partial charge in [0.25, 0.3) is 5.91 Å². The third kappa shape index (κ3) is 3.58. The van der Waals surface area contributed by atoms with Gasteiger partial charge in [0.1, 0.15) is 0 Å². The average molecular weight is 366 g/mol. The Kier molecular flexibility index (Phi) is 5.73. The highest BCUT2D eigenvalue weighted by molar-refractivity contribution is 14.1. The maximum atomic E-state index is 12.2. The number of benzene rings is 1. The van der Waals surface area contributed by atoms with Crippen LogP contribution in [0.5, 0.6) is 0 Å². The van der Waals surface area contributed by atoms with Gasteiger partial charge in [-0.2, -0.15) is 0 Å². The Morgan fingerprint density at radius 2 is 1.94 bits per heavy atom. The number of carbonyl (C=O) groups excluding carboxylic acids is 1. The van der Waals surface area contributed by atoms with Crippen molar-refractivity contribution in [1.82, 2.24) is 5.32 Å². The largest absolute Gasteiger partial charge is 0.345 e. The van der Waals surface area contributed by atoms with Crippen LogP contribution in [0, 0.1) is 3.57 Å². The van der Waals surface area contributed by atoms with Gasteiger partial charge in [0.2, 0.25) is 0 Å². The second-order valence-electron chi connectivity index (χ2n) is 4.06. The second kappa shape index (κ2) is 6.59. The topological polar surface area (TPSA) is 29.1 Å². The van der Waals surface area contributed by atoms with Gasteiger partial charge < -0.3 is 5.32 Å². The average Bonchev–Trinajstić information content (AvgIpc) is 2.36. The van der Waals surface area contributed by atoms with Gasteiger partial charge >= 0.3 is 0 Å². The summed E-state index contributed by atoms with van der Waals surface area (Å²) >= 11 is 8.15. The van der Waals surface area contributed by atoms with E-state index in [0.29, 0.717) is 11.4 Å². The highest BCUT2D eigenvalue weighted by Gasteiger charge is 2.27. The summed E-state index contributed by atoms with van der Waals surface area (Å²) in [4.78, 5) is 12.2. The van der Waals surface area contributed by atoms with Crippen molar-refractivity contribution in [3.63, 3.8) is 0 Å². The zero-order valence-electron chi connectivity index (χ0n) is 10.1. The first-order valence-electron chi connectivity index (χ1n) is 5.71. The predicted molar refractivity (Wildman–Crippen MR) is 80.7 cm³/mol. The van der Waals surface area contributed by atoms with Gasteiger partial charge in [0.15, 0.2) is 0 Å². The van der Waals surface area contributed by atoms with E-state index in [1.165, 1.54) is 0 Å². The van der Waals surface area contributed by atoms with Crippen LogP contribution in [-0.2, 0) is 0 Å². The summed E-state index contributed by atoms with van der Waals surface area (Å²) in [5.74, 6) is 0.397. The maximum absolute atomic E-state index is 12.2. The number of halogens is 2. The van der Waals surface area contributed by atoms with Crippen LogP contribution in [0.25, 0.3) is 0 Å². The highest BCUT2D eigenvalue weighted by Crippen LogP contribution is 2.19. The quantitative estimate of drug-likeness (QED) is 0.624. The number of alkyl halides is 1. The fourth-order valence-electron chi connectivity index (χ4n) is 1.60. The Labute approximate surface area is 121 Å². The van der Waals surface area contributed by atoms with Gasteiger partial charge in [0.05, 0.1) is 11.1 Å². The van der Waals surface area contributed by atoms with Crippen LogP contribution in [0.1, 0.15) is 37.0 Å². The van der Waals surface area contributed by atoms with Crippen LogP contribution in [0.3, 0.4) is 0 Å². The Morgan fingerprint density at radius 1 is 1.35 bits per heavy atom. The summed E-state index contributed by atoms with van der Waals surface area (Å²) in [5, 5.41) is 3.06. The molecule has 0 fully saturated rings. The molecule has 1 aromatic carbocycles. The first-order valence-corrected chi connectivity index (χ1v) is 7.33. The molecule has 0 saturated heterocycles. The minimum absolute atomic E-state index is 0.0423. The first kappa shape index (κ1) is 14.8. The summed E-state index contributed by atoms with van der Waals surface area (Å²) in [5.41, 5.74) is 0.418. The molecule has 1 aromatic rings. The summed E-state index contributed by atoms with van der Waals surface area (Å²) in [6, 6.07) is 7.56. The minimum atomic E-state index is -0.294. The molecule has 94 valence electrons. The van der Waals surface area contributed by atoms with Gasteiger partial charge in [-0.15, -0.1) is 11.6 Å². The highest BCUT2D eigenvalue weighted by atomic mass is 127. The number of nitrogens with one attached hydrogen (secondary N) is 1. The molecule has 1 amide bonds. The van der Waals surface area contributed by atoms with Crippen LogP contribution in [0.2, 0.25) is 0 Å². The molecular weight excluding hydrogens is 349 g/mol. The number of carbonyl (C=O) groups is 1. The van der Waals surface area contributed by atoms with Crippen molar-refractivity contribution < 1.29 is 4.79 Å². The van der Waals surface area contributed by atoms with Crippen molar-refractivity contribution in [1.29, 1.82) is 0 Å². The van der Waals surface area contributed by atoms with Crippen LogP contribution in [0.4, 0.5) is 0 Å². The SMILES string of the molecule is CCC(CC)(CCl)NC(=O)c1ccccc1I. The zero-order chi connectivity index (χ0) is 12.9. The standard InChI is InChI=1S/C13H17ClINO/c1-3-13(4-2,9-14)16-12(17)10-7-5-6-8-11(10)15/h5-8H,3-4,9H2,1-2H3,(H,16,17). The number of hydrogen-bond donors (Lipinski definition) is 1. The molecule has 0 bridgehead atoms. The molecule has 2 nitrogen and oxygen atoms in total. The van der Waals surface area contributed by atoms with E-state index in [0.717, 1.165) is 16.4 Å². The smallest absolute Gasteiger partial charge is 0.252 e. The van der Waals surface area contributed by atoms with Crippen LogP contribution < -0.4 is 5.32 Å². The minimum Gasteiger partial charge on any atom is -0.345 e. The van der Waals surface area contributed by atoms with E-state index in [2.05, 4.69) is 27.9 Å². The van der Waals surface area contributed by atoms with E-state index >= 15 is 0 Å². The third-order valence-electron chi connectivity index (χ3n) is 3.11. The molecule has 0 unspecified atom stereocenters. The van der Waals surface area contributed by atoms with Crippen LogP contribution >= 0.6 is 34.2 Å². The molecule has 4 heteroatoms. The second-order valence-corrected chi connectivity index (χ2v) is 5.48. The normalized spacial score (nSPS) is 11.3. The third-order valence-corrected chi connectivity index (χ3v) is 4.56. The summed E-state index contributed by atoms with van der Waals surface area (Å²) in [6.45, 7) is 4.09. The monoisotopic (exact) mass is 365 g/mol. The first-order chi connectivity index (χ1) is 8.08. The summed E-state index contributed by atoms with van der Waals surface area (Å²) < 4.78 is 0.957. The van der Waals surface area contributed by atoms with Gasteiger partial charge in [0, 0.05) is 9.45 Å². The molecule has 0 saturated carbocycles. The van der Waals surface area contributed by atoms with Crippen molar-refractivity contribution in [2.45, 2.75) is 32.2 Å². The van der Waals surface area contributed by atoms with Gasteiger partial charge in [-0.25, -0.2) is 0 Å². The Morgan fingerprint density at radius 3 is 2.41 bits per heavy atom. The Balaban J connectivity index is 2.89. The fourth-order valence-corrected chi connectivity index (χ4v) is 2.68. The van der Waals surface area contributed by atoms with Crippen molar-refractivity contribution in [2.24, 2.45) is 0 Å². The number of hydrogen-bond acceptors (Lipinski definition) is 1. The molecular formula is C13H17ClINO. The van der Waals surface area contributed by atoms with Gasteiger partial charge in [-0.3, -0.25) is 4.79 Å². The zero-order valence-corrected chi connectivity index (χ0v) is 13.0. The lowest BCUT2D eigenvalue weighted by molar-refractivity contribution is 0.0901. The molecule has 1 N–H and O–H groups in total. The van der Waals surface area contributed by atoms with Crippen LogP contribution in [-0.4, -0.2) is 17.3 Å². The molecule has 0 radical (unpaired) electrons. The van der Waals surface area contributed by atoms with E-state index in [1.54, 1.807) is 0 Å².